The highest BCUT2D eigenvalue weighted by atomic mass is 35.5. The molecule has 1 aromatic heterocycles. The molecule has 2 aromatic rings. The maximum absolute atomic E-state index is 12.5. The molecule has 1 aromatic carbocycles. The van der Waals surface area contributed by atoms with Gasteiger partial charge in [0.05, 0.1) is 5.01 Å². The largest absolute Gasteiger partial charge is 0.335 e. The Kier molecular flexibility index (Phi) is 6.92. The van der Waals surface area contributed by atoms with E-state index in [9.17, 15) is 9.59 Å². The van der Waals surface area contributed by atoms with Gasteiger partial charge in [-0.3, -0.25) is 9.59 Å². The summed E-state index contributed by atoms with van der Waals surface area (Å²) in [6, 6.07) is 9.23. The number of carbonyl (C=O) groups excluding carboxylic acids is 2. The summed E-state index contributed by atoms with van der Waals surface area (Å²) < 4.78 is 0. The van der Waals surface area contributed by atoms with Crippen LogP contribution < -0.4 is 5.73 Å². The van der Waals surface area contributed by atoms with Crippen LogP contribution in [0.5, 0.6) is 0 Å². The Labute approximate surface area is 157 Å². The van der Waals surface area contributed by atoms with Crippen molar-refractivity contribution in [3.63, 3.8) is 0 Å². The zero-order chi connectivity index (χ0) is 16.9. The number of aromatic nitrogens is 1. The first-order valence-electron chi connectivity index (χ1n) is 7.97. The molecule has 6 nitrogen and oxygen atoms in total. The lowest BCUT2D eigenvalue weighted by atomic mass is 10.2. The number of hydrogen-bond donors (Lipinski definition) is 1. The quantitative estimate of drug-likeness (QED) is 0.874. The van der Waals surface area contributed by atoms with Gasteiger partial charge in [-0.05, 0) is 18.7 Å². The average molecular weight is 381 g/mol. The summed E-state index contributed by atoms with van der Waals surface area (Å²) in [6.45, 7) is 2.67. The molecule has 134 valence electrons. The molecule has 25 heavy (non-hydrogen) atoms. The van der Waals surface area contributed by atoms with E-state index < -0.39 is 0 Å². The Morgan fingerprint density at radius 3 is 2.24 bits per heavy atom. The van der Waals surface area contributed by atoms with Crippen LogP contribution in [0.1, 0.15) is 25.9 Å². The predicted molar refractivity (Wildman–Crippen MR) is 100 cm³/mol. The molecular weight excluding hydrogens is 360 g/mol. The van der Waals surface area contributed by atoms with Crippen molar-refractivity contribution >= 4 is 35.6 Å². The van der Waals surface area contributed by atoms with Crippen LogP contribution in [-0.4, -0.2) is 59.3 Å². The Bertz CT molecular complexity index is 714. The van der Waals surface area contributed by atoms with Crippen molar-refractivity contribution < 1.29 is 9.59 Å². The zero-order valence-electron chi connectivity index (χ0n) is 13.8. The van der Waals surface area contributed by atoms with Crippen LogP contribution >= 0.6 is 23.7 Å². The van der Waals surface area contributed by atoms with Crippen molar-refractivity contribution in [2.45, 2.75) is 6.42 Å². The SMILES string of the molecule is Cl.NCCc1nc(C(=O)N2CCN(C(=O)c3ccccc3)CC2)cs1. The van der Waals surface area contributed by atoms with Crippen molar-refractivity contribution in [3.05, 3.63) is 52.0 Å². The first-order valence-corrected chi connectivity index (χ1v) is 8.85. The normalized spacial score (nSPS) is 14.1. The maximum atomic E-state index is 12.5. The number of nitrogens with zero attached hydrogens (tertiary/aromatic N) is 3. The van der Waals surface area contributed by atoms with Crippen LogP contribution in [0.3, 0.4) is 0 Å². The highest BCUT2D eigenvalue weighted by Crippen LogP contribution is 2.15. The van der Waals surface area contributed by atoms with Gasteiger partial charge in [0.15, 0.2) is 0 Å². The average Bonchev–Trinajstić information content (AvgIpc) is 3.10. The first-order chi connectivity index (χ1) is 11.7. The number of hydrogen-bond acceptors (Lipinski definition) is 5. The molecule has 0 atom stereocenters. The molecular formula is C17H21ClN4O2S. The van der Waals surface area contributed by atoms with E-state index in [4.69, 9.17) is 5.73 Å². The molecule has 1 aliphatic rings. The topological polar surface area (TPSA) is 79.5 Å². The second-order valence-corrected chi connectivity index (χ2v) is 6.56. The van der Waals surface area contributed by atoms with Crippen molar-refractivity contribution in [1.29, 1.82) is 0 Å². The molecule has 8 heteroatoms. The lowest BCUT2D eigenvalue weighted by molar-refractivity contribution is 0.0532. The summed E-state index contributed by atoms with van der Waals surface area (Å²) >= 11 is 1.47. The van der Waals surface area contributed by atoms with Crippen LogP contribution in [0.25, 0.3) is 0 Å². The molecule has 0 bridgehead atoms. The Balaban J connectivity index is 0.00000225. The second-order valence-electron chi connectivity index (χ2n) is 5.62. The van der Waals surface area contributed by atoms with Crippen LogP contribution in [0.2, 0.25) is 0 Å². The number of piperazine rings is 1. The fourth-order valence-corrected chi connectivity index (χ4v) is 3.47. The minimum atomic E-state index is -0.0682. The highest BCUT2D eigenvalue weighted by Gasteiger charge is 2.26. The number of amides is 2. The van der Waals surface area contributed by atoms with Gasteiger partial charge < -0.3 is 15.5 Å². The number of thiazole rings is 1. The lowest BCUT2D eigenvalue weighted by Crippen LogP contribution is -2.50. The van der Waals surface area contributed by atoms with E-state index in [-0.39, 0.29) is 24.2 Å². The molecule has 1 fully saturated rings. The van der Waals surface area contributed by atoms with Crippen LogP contribution in [0, 0.1) is 0 Å². The molecule has 2 heterocycles. The van der Waals surface area contributed by atoms with Gasteiger partial charge in [0, 0.05) is 43.5 Å². The minimum Gasteiger partial charge on any atom is -0.335 e. The third-order valence-corrected chi connectivity index (χ3v) is 4.91. The van der Waals surface area contributed by atoms with Gasteiger partial charge in [0.2, 0.25) is 0 Å². The number of carbonyl (C=O) groups is 2. The van der Waals surface area contributed by atoms with Gasteiger partial charge in [-0.25, -0.2) is 4.98 Å². The molecule has 2 N–H and O–H groups in total. The third kappa shape index (κ3) is 4.56. The van der Waals surface area contributed by atoms with Crippen LogP contribution in [-0.2, 0) is 6.42 Å². The lowest BCUT2D eigenvalue weighted by Gasteiger charge is -2.34. The van der Waals surface area contributed by atoms with Crippen molar-refractivity contribution in [3.8, 4) is 0 Å². The fraction of sp³-hybridized carbons (Fsp3) is 0.353. The van der Waals surface area contributed by atoms with E-state index in [2.05, 4.69) is 4.98 Å². The van der Waals surface area contributed by atoms with E-state index in [1.165, 1.54) is 11.3 Å². The summed E-state index contributed by atoms with van der Waals surface area (Å²) in [5, 5.41) is 2.67. The van der Waals surface area contributed by atoms with Crippen molar-refractivity contribution in [2.75, 3.05) is 32.7 Å². The number of halogens is 1. The van der Waals surface area contributed by atoms with Crippen molar-refractivity contribution in [1.82, 2.24) is 14.8 Å². The zero-order valence-corrected chi connectivity index (χ0v) is 15.4. The molecule has 1 aliphatic heterocycles. The third-order valence-electron chi connectivity index (χ3n) is 4.00. The Hall–Kier alpha value is -1.96. The standard InChI is InChI=1S/C17H20N4O2S.ClH/c18-7-6-15-19-14(12-24-15)17(23)21-10-8-20(9-11-21)16(22)13-4-2-1-3-5-13;/h1-5,12H,6-11,18H2;1H. The van der Waals surface area contributed by atoms with E-state index >= 15 is 0 Å². The van der Waals surface area contributed by atoms with E-state index in [1.807, 2.05) is 30.3 Å². The summed E-state index contributed by atoms with van der Waals surface area (Å²) in [4.78, 5) is 32.8. The van der Waals surface area contributed by atoms with Gasteiger partial charge in [-0.1, -0.05) is 18.2 Å². The number of rotatable bonds is 4. The van der Waals surface area contributed by atoms with Gasteiger partial charge >= 0.3 is 0 Å². The summed E-state index contributed by atoms with van der Waals surface area (Å²) in [5.41, 5.74) is 6.68. The molecule has 2 amide bonds. The molecule has 0 aliphatic carbocycles. The van der Waals surface area contributed by atoms with E-state index in [0.29, 0.717) is 50.4 Å². The second kappa shape index (κ2) is 8.94. The minimum absolute atomic E-state index is 0. The van der Waals surface area contributed by atoms with Gasteiger partial charge in [-0.2, -0.15) is 0 Å². The number of benzene rings is 1. The first kappa shape index (κ1) is 19.4. The number of nitrogens with two attached hydrogens (primary N) is 1. The van der Waals surface area contributed by atoms with Crippen LogP contribution in [0.15, 0.2) is 35.7 Å². The molecule has 0 radical (unpaired) electrons. The summed E-state index contributed by atoms with van der Waals surface area (Å²) in [5.74, 6) is -0.0529. The highest BCUT2D eigenvalue weighted by molar-refractivity contribution is 7.09. The molecule has 0 spiro atoms. The maximum Gasteiger partial charge on any atom is 0.273 e. The molecule has 0 unspecified atom stereocenters. The molecule has 3 rings (SSSR count). The van der Waals surface area contributed by atoms with E-state index in [0.717, 1.165) is 5.01 Å². The van der Waals surface area contributed by atoms with Gasteiger partial charge in [-0.15, -0.1) is 23.7 Å². The van der Waals surface area contributed by atoms with E-state index in [1.54, 1.807) is 15.2 Å². The summed E-state index contributed by atoms with van der Waals surface area (Å²) in [6.07, 6.45) is 0.692. The fourth-order valence-electron chi connectivity index (χ4n) is 2.69. The Morgan fingerprint density at radius 1 is 1.04 bits per heavy atom. The monoisotopic (exact) mass is 380 g/mol. The molecule has 1 saturated heterocycles. The Morgan fingerprint density at radius 2 is 1.64 bits per heavy atom. The predicted octanol–water partition coefficient (Wildman–Crippen LogP) is 1.66. The van der Waals surface area contributed by atoms with Crippen molar-refractivity contribution in [2.24, 2.45) is 5.73 Å². The van der Waals surface area contributed by atoms with Crippen LogP contribution in [0.4, 0.5) is 0 Å². The van der Waals surface area contributed by atoms with Gasteiger partial charge in [0.1, 0.15) is 5.69 Å². The van der Waals surface area contributed by atoms with Gasteiger partial charge in [0.25, 0.3) is 11.8 Å². The summed E-state index contributed by atoms with van der Waals surface area (Å²) in [7, 11) is 0. The smallest absolute Gasteiger partial charge is 0.273 e. The molecule has 0 saturated carbocycles.